The molecule has 0 aliphatic rings. The fourth-order valence-electron chi connectivity index (χ4n) is 1.92. The molecule has 2 rings (SSSR count). The lowest BCUT2D eigenvalue weighted by Gasteiger charge is -2.17. The SMILES string of the molecule is CSNc1cc(C(F)(F)F)cc(Cl)c1-n1cnc(C(F)(F)F)cc1=O. The van der Waals surface area contributed by atoms with Crippen molar-refractivity contribution in [3.05, 3.63) is 51.2 Å². The first-order chi connectivity index (χ1) is 11.4. The van der Waals surface area contributed by atoms with Gasteiger partial charge in [0.15, 0.2) is 5.69 Å². The van der Waals surface area contributed by atoms with Gasteiger partial charge in [-0.3, -0.25) is 9.36 Å². The summed E-state index contributed by atoms with van der Waals surface area (Å²) in [5.74, 6) is 0. The molecule has 0 fully saturated rings. The predicted molar refractivity (Wildman–Crippen MR) is 82.0 cm³/mol. The lowest BCUT2D eigenvalue weighted by Crippen LogP contribution is -2.23. The van der Waals surface area contributed by atoms with Crippen molar-refractivity contribution in [2.45, 2.75) is 12.4 Å². The minimum atomic E-state index is -4.83. The fourth-order valence-corrected chi connectivity index (χ4v) is 2.60. The van der Waals surface area contributed by atoms with Crippen LogP contribution in [0.4, 0.5) is 32.0 Å². The van der Waals surface area contributed by atoms with Crippen LogP contribution in [0, 0.1) is 0 Å². The zero-order valence-corrected chi connectivity index (χ0v) is 13.7. The van der Waals surface area contributed by atoms with Crippen LogP contribution in [0.5, 0.6) is 0 Å². The van der Waals surface area contributed by atoms with Gasteiger partial charge in [0.05, 0.1) is 22.0 Å². The second-order valence-corrected chi connectivity index (χ2v) is 5.66. The Morgan fingerprint density at radius 3 is 2.24 bits per heavy atom. The highest BCUT2D eigenvalue weighted by atomic mass is 35.5. The van der Waals surface area contributed by atoms with Crippen LogP contribution in [-0.2, 0) is 12.4 Å². The van der Waals surface area contributed by atoms with E-state index in [-0.39, 0.29) is 17.4 Å². The minimum Gasteiger partial charge on any atom is -0.328 e. The Labute approximate surface area is 145 Å². The van der Waals surface area contributed by atoms with Gasteiger partial charge in [0.2, 0.25) is 0 Å². The van der Waals surface area contributed by atoms with E-state index in [1.54, 1.807) is 0 Å². The molecule has 136 valence electrons. The van der Waals surface area contributed by atoms with Gasteiger partial charge in [0.1, 0.15) is 6.33 Å². The molecule has 25 heavy (non-hydrogen) atoms. The van der Waals surface area contributed by atoms with Gasteiger partial charge in [0, 0.05) is 12.3 Å². The summed E-state index contributed by atoms with van der Waals surface area (Å²) in [4.78, 5) is 15.1. The summed E-state index contributed by atoms with van der Waals surface area (Å²) >= 11 is 6.77. The molecule has 0 bridgehead atoms. The lowest BCUT2D eigenvalue weighted by atomic mass is 10.1. The zero-order valence-electron chi connectivity index (χ0n) is 12.2. The van der Waals surface area contributed by atoms with Crippen molar-refractivity contribution in [1.29, 1.82) is 0 Å². The van der Waals surface area contributed by atoms with E-state index in [4.69, 9.17) is 11.6 Å². The van der Waals surface area contributed by atoms with E-state index in [1.807, 2.05) is 0 Å². The van der Waals surface area contributed by atoms with Crippen molar-refractivity contribution >= 4 is 29.2 Å². The second-order valence-electron chi connectivity index (χ2n) is 4.64. The molecule has 0 aliphatic carbocycles. The Morgan fingerprint density at radius 2 is 1.76 bits per heavy atom. The molecule has 0 unspecified atom stereocenters. The van der Waals surface area contributed by atoms with E-state index in [2.05, 4.69) is 9.71 Å². The number of benzene rings is 1. The van der Waals surface area contributed by atoms with Gasteiger partial charge in [-0.2, -0.15) is 26.3 Å². The quantitative estimate of drug-likeness (QED) is 0.600. The average Bonchev–Trinajstić information content (AvgIpc) is 2.46. The van der Waals surface area contributed by atoms with E-state index in [9.17, 15) is 31.1 Å². The van der Waals surface area contributed by atoms with Crippen LogP contribution in [0.1, 0.15) is 11.3 Å². The maximum atomic E-state index is 12.9. The number of alkyl halides is 6. The van der Waals surface area contributed by atoms with E-state index in [1.165, 1.54) is 6.26 Å². The second kappa shape index (κ2) is 6.79. The third-order valence-corrected chi connectivity index (χ3v) is 3.66. The Bertz CT molecular complexity index is 849. The summed E-state index contributed by atoms with van der Waals surface area (Å²) in [6.07, 6.45) is -7.46. The van der Waals surface area contributed by atoms with Crippen molar-refractivity contribution in [2.75, 3.05) is 11.0 Å². The molecule has 1 N–H and O–H groups in total. The largest absolute Gasteiger partial charge is 0.433 e. The van der Waals surface area contributed by atoms with Crippen LogP contribution in [0.25, 0.3) is 5.69 Å². The topological polar surface area (TPSA) is 46.9 Å². The first kappa shape index (κ1) is 19.4. The maximum absolute atomic E-state index is 12.9. The van der Waals surface area contributed by atoms with Crippen molar-refractivity contribution in [1.82, 2.24) is 9.55 Å². The van der Waals surface area contributed by atoms with Crippen molar-refractivity contribution in [3.8, 4) is 5.69 Å². The van der Waals surface area contributed by atoms with E-state index >= 15 is 0 Å². The molecular formula is C13H8ClF6N3OS. The molecule has 1 aromatic heterocycles. The van der Waals surface area contributed by atoms with E-state index in [0.29, 0.717) is 23.0 Å². The van der Waals surface area contributed by atoms with Crippen LogP contribution in [0.2, 0.25) is 5.02 Å². The number of halogens is 7. The number of anilines is 1. The Kier molecular flexibility index (Phi) is 5.28. The van der Waals surface area contributed by atoms with Crippen LogP contribution < -0.4 is 10.3 Å². The number of aromatic nitrogens is 2. The summed E-state index contributed by atoms with van der Waals surface area (Å²) in [7, 11) is 0. The first-order valence-corrected chi connectivity index (χ1v) is 7.91. The minimum absolute atomic E-state index is 0.198. The highest BCUT2D eigenvalue weighted by Crippen LogP contribution is 2.38. The molecule has 0 aliphatic heterocycles. The number of hydrogen-bond acceptors (Lipinski definition) is 4. The highest BCUT2D eigenvalue weighted by Gasteiger charge is 2.34. The van der Waals surface area contributed by atoms with Gasteiger partial charge >= 0.3 is 12.4 Å². The first-order valence-electron chi connectivity index (χ1n) is 6.31. The molecule has 1 aromatic carbocycles. The summed E-state index contributed by atoms with van der Waals surface area (Å²) in [6.45, 7) is 0. The maximum Gasteiger partial charge on any atom is 0.433 e. The van der Waals surface area contributed by atoms with Crippen molar-refractivity contribution < 1.29 is 26.3 Å². The third kappa shape index (κ3) is 4.21. The number of hydrogen-bond donors (Lipinski definition) is 1. The van der Waals surface area contributed by atoms with Gasteiger partial charge in [-0.15, -0.1) is 0 Å². The molecule has 0 spiro atoms. The normalized spacial score (nSPS) is 12.3. The Hall–Kier alpha value is -1.88. The summed E-state index contributed by atoms with van der Waals surface area (Å²) in [5, 5.41) is -0.477. The van der Waals surface area contributed by atoms with Gasteiger partial charge in [0.25, 0.3) is 5.56 Å². The summed E-state index contributed by atoms with van der Waals surface area (Å²) < 4.78 is 79.6. The van der Waals surface area contributed by atoms with E-state index < -0.39 is 34.2 Å². The highest BCUT2D eigenvalue weighted by molar-refractivity contribution is 7.99. The van der Waals surface area contributed by atoms with Crippen LogP contribution in [-0.4, -0.2) is 15.8 Å². The van der Waals surface area contributed by atoms with Gasteiger partial charge in [-0.25, -0.2) is 4.98 Å². The van der Waals surface area contributed by atoms with Crippen molar-refractivity contribution in [2.24, 2.45) is 0 Å². The number of nitrogens with one attached hydrogen (secondary N) is 1. The molecular weight excluding hydrogens is 396 g/mol. The molecule has 4 nitrogen and oxygen atoms in total. The number of nitrogens with zero attached hydrogens (tertiary/aromatic N) is 2. The number of rotatable bonds is 3. The third-order valence-electron chi connectivity index (χ3n) is 2.94. The van der Waals surface area contributed by atoms with Gasteiger partial charge in [-0.05, 0) is 12.1 Å². The van der Waals surface area contributed by atoms with Gasteiger partial charge < -0.3 is 4.72 Å². The molecule has 2 aromatic rings. The predicted octanol–water partition coefficient (Wildman–Crippen LogP) is 4.61. The molecule has 0 atom stereocenters. The molecule has 0 saturated heterocycles. The molecule has 12 heteroatoms. The smallest absolute Gasteiger partial charge is 0.328 e. The Balaban J connectivity index is 2.68. The molecule has 0 amide bonds. The molecule has 0 saturated carbocycles. The van der Waals surface area contributed by atoms with Crippen molar-refractivity contribution in [3.63, 3.8) is 0 Å². The Morgan fingerprint density at radius 1 is 1.12 bits per heavy atom. The summed E-state index contributed by atoms with van der Waals surface area (Å²) in [5.41, 5.74) is -4.08. The standard InChI is InChI=1S/C13H8ClF6N3OS/c1-25-22-8-3-6(12(15,16)17)2-7(14)11(8)23-5-21-9(4-10(23)24)13(18,19)20/h2-5,22H,1H3. The zero-order chi connectivity index (χ0) is 19.0. The monoisotopic (exact) mass is 403 g/mol. The van der Waals surface area contributed by atoms with E-state index in [0.717, 1.165) is 11.9 Å². The van der Waals surface area contributed by atoms with Crippen LogP contribution in [0.3, 0.4) is 0 Å². The van der Waals surface area contributed by atoms with Crippen LogP contribution >= 0.6 is 23.5 Å². The molecule has 0 radical (unpaired) electrons. The summed E-state index contributed by atoms with van der Waals surface area (Å²) in [6, 6.07) is 1.51. The van der Waals surface area contributed by atoms with Gasteiger partial charge in [-0.1, -0.05) is 23.5 Å². The lowest BCUT2D eigenvalue weighted by molar-refractivity contribution is -0.141. The fraction of sp³-hybridized carbons (Fsp3) is 0.231. The average molecular weight is 404 g/mol. The molecule has 1 heterocycles. The van der Waals surface area contributed by atoms with Crippen LogP contribution in [0.15, 0.2) is 29.3 Å².